The molecule has 0 aliphatic heterocycles. The van der Waals surface area contributed by atoms with Crippen LogP contribution in [0.15, 0.2) is 47.4 Å². The Bertz CT molecular complexity index is 980. The summed E-state index contributed by atoms with van der Waals surface area (Å²) >= 11 is 7.80. The molecule has 0 saturated carbocycles. The Morgan fingerprint density at radius 2 is 1.85 bits per heavy atom. The predicted octanol–water partition coefficient (Wildman–Crippen LogP) is 5.48. The average Bonchev–Trinajstić information content (AvgIpc) is 2.91. The van der Waals surface area contributed by atoms with Crippen molar-refractivity contribution in [3.05, 3.63) is 75.6 Å². The van der Waals surface area contributed by atoms with Crippen LogP contribution in [-0.4, -0.2) is 21.9 Å². The maximum absolute atomic E-state index is 12.8. The molecule has 3 aromatic rings. The largest absolute Gasteiger partial charge is 0.319 e. The number of hydrogen-bond donors (Lipinski definition) is 1. The summed E-state index contributed by atoms with van der Waals surface area (Å²) in [7, 11) is 0. The van der Waals surface area contributed by atoms with Crippen molar-refractivity contribution in [3.63, 3.8) is 0 Å². The topological polar surface area (TPSA) is 46.9 Å². The van der Waals surface area contributed by atoms with E-state index in [9.17, 15) is 4.79 Å². The van der Waals surface area contributed by atoms with E-state index >= 15 is 0 Å². The van der Waals surface area contributed by atoms with Gasteiger partial charge in [0, 0.05) is 4.90 Å². The lowest BCUT2D eigenvalue weighted by atomic mass is 10.1. The van der Waals surface area contributed by atoms with Crippen LogP contribution in [0.3, 0.4) is 0 Å². The highest BCUT2D eigenvalue weighted by Crippen LogP contribution is 2.26. The highest BCUT2D eigenvalue weighted by Gasteiger charge is 2.17. The van der Waals surface area contributed by atoms with Crippen LogP contribution in [0, 0.1) is 20.8 Å². The molecule has 0 radical (unpaired) electrons. The average molecular weight is 400 g/mol. The Kier molecular flexibility index (Phi) is 5.92. The van der Waals surface area contributed by atoms with Gasteiger partial charge in [-0.1, -0.05) is 41.4 Å². The van der Waals surface area contributed by atoms with E-state index in [1.54, 1.807) is 17.8 Å². The minimum absolute atomic E-state index is 0.225. The predicted molar refractivity (Wildman–Crippen MR) is 113 cm³/mol. The summed E-state index contributed by atoms with van der Waals surface area (Å²) in [6, 6.07) is 13.8. The van der Waals surface area contributed by atoms with Crippen molar-refractivity contribution in [2.24, 2.45) is 0 Å². The van der Waals surface area contributed by atoms with Gasteiger partial charge in [-0.25, -0.2) is 0 Å². The fourth-order valence-electron chi connectivity index (χ4n) is 2.88. The smallest absolute Gasteiger partial charge is 0.257 e. The second-order valence-corrected chi connectivity index (χ2v) is 7.78. The molecule has 1 amide bonds. The van der Waals surface area contributed by atoms with Crippen molar-refractivity contribution in [1.82, 2.24) is 9.78 Å². The van der Waals surface area contributed by atoms with Crippen LogP contribution < -0.4 is 5.32 Å². The van der Waals surface area contributed by atoms with Crippen LogP contribution in [0.25, 0.3) is 0 Å². The third-order valence-corrected chi connectivity index (χ3v) is 5.55. The molecular formula is C21H22ClN3OS. The number of rotatable bonds is 5. The van der Waals surface area contributed by atoms with E-state index in [0.717, 1.165) is 22.0 Å². The first-order valence-corrected chi connectivity index (χ1v) is 10.2. The second-order valence-electron chi connectivity index (χ2n) is 6.49. The molecule has 2 aromatic carbocycles. The SMILES string of the molecule is CSc1ccc(Cl)c(C(=O)Nc2c(C)nn(Cc3ccc(C)cc3)c2C)c1. The number of aryl methyl sites for hydroxylation is 2. The van der Waals surface area contributed by atoms with Crippen LogP contribution >= 0.6 is 23.4 Å². The first-order valence-electron chi connectivity index (χ1n) is 8.63. The summed E-state index contributed by atoms with van der Waals surface area (Å²) in [6.07, 6.45) is 1.97. The van der Waals surface area contributed by atoms with E-state index in [0.29, 0.717) is 17.1 Å². The number of hydrogen-bond acceptors (Lipinski definition) is 3. The monoisotopic (exact) mass is 399 g/mol. The number of nitrogens with one attached hydrogen (secondary N) is 1. The molecule has 0 spiro atoms. The number of carbonyl (C=O) groups is 1. The summed E-state index contributed by atoms with van der Waals surface area (Å²) in [5.74, 6) is -0.225. The molecule has 0 aliphatic rings. The first kappa shape index (κ1) is 19.5. The van der Waals surface area contributed by atoms with Crippen LogP contribution in [-0.2, 0) is 6.54 Å². The Morgan fingerprint density at radius 3 is 2.52 bits per heavy atom. The van der Waals surface area contributed by atoms with E-state index in [2.05, 4.69) is 41.6 Å². The lowest BCUT2D eigenvalue weighted by Gasteiger charge is -2.09. The molecule has 3 rings (SSSR count). The maximum Gasteiger partial charge on any atom is 0.257 e. The summed E-state index contributed by atoms with van der Waals surface area (Å²) in [5.41, 5.74) is 5.29. The Hall–Kier alpha value is -2.24. The van der Waals surface area contributed by atoms with Gasteiger partial charge in [0.1, 0.15) is 0 Å². The molecule has 0 saturated heterocycles. The van der Waals surface area contributed by atoms with Gasteiger partial charge in [-0.3, -0.25) is 9.48 Å². The Morgan fingerprint density at radius 1 is 1.15 bits per heavy atom. The summed E-state index contributed by atoms with van der Waals surface area (Å²) in [6.45, 7) is 6.58. The number of thioether (sulfide) groups is 1. The normalized spacial score (nSPS) is 10.9. The number of anilines is 1. The number of halogens is 1. The molecule has 0 atom stereocenters. The van der Waals surface area contributed by atoms with Crippen LogP contribution in [0.5, 0.6) is 0 Å². The van der Waals surface area contributed by atoms with E-state index in [4.69, 9.17) is 11.6 Å². The van der Waals surface area contributed by atoms with Gasteiger partial charge in [-0.2, -0.15) is 5.10 Å². The van der Waals surface area contributed by atoms with Crippen LogP contribution in [0.4, 0.5) is 5.69 Å². The molecular weight excluding hydrogens is 378 g/mol. The zero-order valence-electron chi connectivity index (χ0n) is 15.8. The molecule has 27 heavy (non-hydrogen) atoms. The number of benzene rings is 2. The van der Waals surface area contributed by atoms with Gasteiger partial charge in [0.05, 0.1) is 34.2 Å². The van der Waals surface area contributed by atoms with Crippen LogP contribution in [0.2, 0.25) is 5.02 Å². The van der Waals surface area contributed by atoms with Crippen molar-refractivity contribution in [2.75, 3.05) is 11.6 Å². The molecule has 0 unspecified atom stereocenters. The number of aromatic nitrogens is 2. The first-order chi connectivity index (χ1) is 12.9. The van der Waals surface area contributed by atoms with Crippen LogP contribution in [0.1, 0.15) is 32.9 Å². The lowest BCUT2D eigenvalue weighted by Crippen LogP contribution is -2.14. The van der Waals surface area contributed by atoms with Gasteiger partial charge in [0.25, 0.3) is 5.91 Å². The summed E-state index contributed by atoms with van der Waals surface area (Å²) in [5, 5.41) is 8.02. The highest BCUT2D eigenvalue weighted by atomic mass is 35.5. The standard InChI is InChI=1S/C21H22ClN3OS/c1-13-5-7-16(8-6-13)12-25-15(3)20(14(2)24-25)23-21(26)18-11-17(27-4)9-10-19(18)22/h5-11H,12H2,1-4H3,(H,23,26). The third-order valence-electron chi connectivity index (χ3n) is 4.49. The molecule has 1 heterocycles. The van der Waals surface area contributed by atoms with E-state index in [1.165, 1.54) is 11.1 Å². The van der Waals surface area contributed by atoms with Gasteiger partial charge < -0.3 is 5.32 Å². The highest BCUT2D eigenvalue weighted by molar-refractivity contribution is 7.98. The number of nitrogens with zero attached hydrogens (tertiary/aromatic N) is 2. The van der Waals surface area contributed by atoms with Gasteiger partial charge in [-0.15, -0.1) is 11.8 Å². The molecule has 140 valence electrons. The quantitative estimate of drug-likeness (QED) is 0.577. The fraction of sp³-hybridized carbons (Fsp3) is 0.238. The van der Waals surface area contributed by atoms with Crippen molar-refractivity contribution in [2.45, 2.75) is 32.2 Å². The fourth-order valence-corrected chi connectivity index (χ4v) is 3.53. The minimum atomic E-state index is -0.225. The van der Waals surface area contributed by atoms with E-state index in [1.807, 2.05) is 36.9 Å². The Labute approximate surface area is 168 Å². The van der Waals surface area contributed by atoms with Crippen molar-refractivity contribution >= 4 is 35.0 Å². The van der Waals surface area contributed by atoms with Crippen molar-refractivity contribution in [3.8, 4) is 0 Å². The van der Waals surface area contributed by atoms with Gasteiger partial charge >= 0.3 is 0 Å². The molecule has 4 nitrogen and oxygen atoms in total. The molecule has 0 bridgehead atoms. The molecule has 0 aliphatic carbocycles. The van der Waals surface area contributed by atoms with E-state index in [-0.39, 0.29) is 5.91 Å². The lowest BCUT2D eigenvalue weighted by molar-refractivity contribution is 0.102. The zero-order chi connectivity index (χ0) is 19.6. The second kappa shape index (κ2) is 8.19. The van der Waals surface area contributed by atoms with Crippen molar-refractivity contribution < 1.29 is 4.79 Å². The number of carbonyl (C=O) groups excluding carboxylic acids is 1. The van der Waals surface area contributed by atoms with Gasteiger partial charge in [0.2, 0.25) is 0 Å². The molecule has 1 N–H and O–H groups in total. The maximum atomic E-state index is 12.8. The summed E-state index contributed by atoms with van der Waals surface area (Å²) in [4.78, 5) is 13.8. The zero-order valence-corrected chi connectivity index (χ0v) is 17.4. The minimum Gasteiger partial charge on any atom is -0.319 e. The molecule has 6 heteroatoms. The molecule has 1 aromatic heterocycles. The number of amides is 1. The van der Waals surface area contributed by atoms with Crippen molar-refractivity contribution in [1.29, 1.82) is 0 Å². The van der Waals surface area contributed by atoms with Gasteiger partial charge in [-0.05, 0) is 50.8 Å². The Balaban J connectivity index is 1.84. The third kappa shape index (κ3) is 4.37. The molecule has 0 fully saturated rings. The summed E-state index contributed by atoms with van der Waals surface area (Å²) < 4.78 is 1.91. The van der Waals surface area contributed by atoms with Gasteiger partial charge in [0.15, 0.2) is 0 Å². The van der Waals surface area contributed by atoms with E-state index < -0.39 is 0 Å².